The lowest BCUT2D eigenvalue weighted by molar-refractivity contribution is -0.142. The number of sulfonamides is 1. The SMILES string of the molecule is CC(=O)C(F)(F)c1cccc(CONCC(=O)[C@@H]2c3ccccc3C(=O)N([C@H]3CCCC[C@@H]3NS(C)(=O)=O)[C@H]2c2ccc(Cl)cc2Cl)c1. The smallest absolute Gasteiger partial charge is 0.326 e. The van der Waals surface area contributed by atoms with Crippen LogP contribution in [0.5, 0.6) is 0 Å². The molecular weight excluding hydrogens is 687 g/mol. The first kappa shape index (κ1) is 36.0. The Morgan fingerprint density at radius 2 is 1.73 bits per heavy atom. The Morgan fingerprint density at radius 3 is 2.44 bits per heavy atom. The molecule has 3 aromatic carbocycles. The van der Waals surface area contributed by atoms with E-state index in [1.165, 1.54) is 12.1 Å². The summed E-state index contributed by atoms with van der Waals surface area (Å²) in [6.45, 7) is 0.297. The van der Waals surface area contributed by atoms with Crippen molar-refractivity contribution in [1.82, 2.24) is 15.1 Å². The zero-order valence-electron chi connectivity index (χ0n) is 26.2. The van der Waals surface area contributed by atoms with Crippen molar-refractivity contribution < 1.29 is 36.4 Å². The summed E-state index contributed by atoms with van der Waals surface area (Å²) in [5, 5.41) is 0.590. The van der Waals surface area contributed by atoms with Gasteiger partial charge < -0.3 is 4.90 Å². The Balaban J connectivity index is 1.48. The van der Waals surface area contributed by atoms with Gasteiger partial charge in [-0.25, -0.2) is 13.1 Å². The summed E-state index contributed by atoms with van der Waals surface area (Å²) in [5.41, 5.74) is 3.76. The molecule has 3 aromatic rings. The lowest BCUT2D eigenvalue weighted by Crippen LogP contribution is -2.58. The molecule has 4 atom stereocenters. The highest BCUT2D eigenvalue weighted by Gasteiger charge is 2.49. The van der Waals surface area contributed by atoms with Gasteiger partial charge in [0.15, 0.2) is 5.78 Å². The van der Waals surface area contributed by atoms with Gasteiger partial charge in [0.05, 0.1) is 31.4 Å². The molecule has 1 saturated carbocycles. The Labute approximate surface area is 287 Å². The van der Waals surface area contributed by atoms with Crippen LogP contribution in [-0.2, 0) is 37.0 Å². The molecular formula is C34H35Cl2F2N3O6S. The van der Waals surface area contributed by atoms with E-state index in [9.17, 15) is 31.6 Å². The van der Waals surface area contributed by atoms with E-state index in [0.29, 0.717) is 40.1 Å². The lowest BCUT2D eigenvalue weighted by Gasteiger charge is -2.49. The maximum atomic E-state index is 14.4. The molecule has 0 bridgehead atoms. The van der Waals surface area contributed by atoms with Crippen molar-refractivity contribution in [2.75, 3.05) is 12.8 Å². The second-order valence-corrected chi connectivity index (χ2v) is 14.8. The van der Waals surface area contributed by atoms with Gasteiger partial charge in [0.1, 0.15) is 0 Å². The predicted molar refractivity (Wildman–Crippen MR) is 177 cm³/mol. The van der Waals surface area contributed by atoms with Gasteiger partial charge in [-0.2, -0.15) is 14.3 Å². The molecule has 1 amide bonds. The van der Waals surface area contributed by atoms with Gasteiger partial charge in [-0.15, -0.1) is 0 Å². The third-order valence-electron chi connectivity index (χ3n) is 8.78. The minimum Gasteiger partial charge on any atom is -0.326 e. The summed E-state index contributed by atoms with van der Waals surface area (Å²) in [7, 11) is -3.64. The van der Waals surface area contributed by atoms with E-state index in [1.807, 2.05) is 0 Å². The van der Waals surface area contributed by atoms with E-state index in [-0.39, 0.29) is 29.9 Å². The van der Waals surface area contributed by atoms with Crippen LogP contribution in [-0.4, -0.2) is 55.7 Å². The number of alkyl halides is 2. The highest BCUT2D eigenvalue weighted by molar-refractivity contribution is 7.88. The van der Waals surface area contributed by atoms with Gasteiger partial charge in [0, 0.05) is 40.2 Å². The fraction of sp³-hybridized carbons (Fsp3) is 0.382. The van der Waals surface area contributed by atoms with Gasteiger partial charge in [-0.3, -0.25) is 19.2 Å². The number of hydrogen-bond acceptors (Lipinski definition) is 7. The molecule has 0 aromatic heterocycles. The number of benzene rings is 3. The number of amides is 1. The molecule has 256 valence electrons. The number of hydrogen-bond donors (Lipinski definition) is 2. The van der Waals surface area contributed by atoms with E-state index < -0.39 is 51.3 Å². The lowest BCUT2D eigenvalue weighted by atomic mass is 9.75. The molecule has 1 heterocycles. The third-order valence-corrected chi connectivity index (χ3v) is 10.1. The first-order chi connectivity index (χ1) is 22.7. The molecule has 2 N–H and O–H groups in total. The topological polar surface area (TPSA) is 122 Å². The van der Waals surface area contributed by atoms with Crippen LogP contribution in [0.4, 0.5) is 8.78 Å². The fourth-order valence-corrected chi connectivity index (χ4v) is 7.96. The molecule has 0 radical (unpaired) electrons. The number of nitrogens with one attached hydrogen (secondary N) is 2. The van der Waals surface area contributed by atoms with Crippen LogP contribution < -0.4 is 10.2 Å². The molecule has 0 spiro atoms. The summed E-state index contributed by atoms with van der Waals surface area (Å²) in [4.78, 5) is 47.2. The molecule has 48 heavy (non-hydrogen) atoms. The van der Waals surface area contributed by atoms with Crippen LogP contribution in [0.2, 0.25) is 10.0 Å². The normalized spacial score (nSPS) is 21.5. The minimum absolute atomic E-state index is 0.186. The van der Waals surface area contributed by atoms with Crippen molar-refractivity contribution in [3.63, 3.8) is 0 Å². The summed E-state index contributed by atoms with van der Waals surface area (Å²) < 4.78 is 56.0. The number of ketones is 2. The van der Waals surface area contributed by atoms with Crippen molar-refractivity contribution in [2.24, 2.45) is 0 Å². The van der Waals surface area contributed by atoms with Crippen molar-refractivity contribution in [1.29, 1.82) is 0 Å². The van der Waals surface area contributed by atoms with Crippen LogP contribution in [0.3, 0.4) is 0 Å². The molecule has 14 heteroatoms. The van der Waals surface area contributed by atoms with Gasteiger partial charge in [-0.1, -0.05) is 78.5 Å². The van der Waals surface area contributed by atoms with Crippen LogP contribution in [0.25, 0.3) is 0 Å². The van der Waals surface area contributed by atoms with Crippen molar-refractivity contribution >= 4 is 50.7 Å². The highest BCUT2D eigenvalue weighted by atomic mass is 35.5. The number of carbonyl (C=O) groups is 3. The third kappa shape index (κ3) is 7.79. The Morgan fingerprint density at radius 1 is 1.00 bits per heavy atom. The number of halogens is 4. The molecule has 1 fully saturated rings. The number of nitrogens with zero attached hydrogens (tertiary/aromatic N) is 1. The van der Waals surface area contributed by atoms with E-state index >= 15 is 0 Å². The minimum atomic E-state index is -3.65. The summed E-state index contributed by atoms with van der Waals surface area (Å²) in [6, 6.07) is 14.7. The average molecular weight is 723 g/mol. The number of fused-ring (bicyclic) bond motifs is 1. The molecule has 0 saturated heterocycles. The number of rotatable bonds is 12. The predicted octanol–water partition coefficient (Wildman–Crippen LogP) is 6.11. The summed E-state index contributed by atoms with van der Waals surface area (Å²) in [6.07, 6.45) is 3.56. The molecule has 9 nitrogen and oxygen atoms in total. The second-order valence-electron chi connectivity index (χ2n) is 12.1. The van der Waals surface area contributed by atoms with Gasteiger partial charge in [-0.05, 0) is 53.8 Å². The highest BCUT2D eigenvalue weighted by Crippen LogP contribution is 2.48. The van der Waals surface area contributed by atoms with Crippen molar-refractivity contribution in [3.8, 4) is 0 Å². The van der Waals surface area contributed by atoms with Gasteiger partial charge in [0.2, 0.25) is 15.8 Å². The van der Waals surface area contributed by atoms with Crippen molar-refractivity contribution in [3.05, 3.63) is 105 Å². The van der Waals surface area contributed by atoms with Crippen LogP contribution in [0, 0.1) is 0 Å². The molecule has 0 unspecified atom stereocenters. The molecule has 2 aliphatic rings. The average Bonchev–Trinajstić information content (AvgIpc) is 3.03. The standard InChI is InChI=1S/C34H35Cl2F2N3O6S/c1-20(42)34(37,38)22-9-7-8-21(16-22)19-47-39-18-30(43)31-24-10-3-4-11-25(24)33(44)41(32(31)26-15-14-23(35)17-27(26)36)29-13-6-5-12-28(29)40-48(2,45)46/h3-4,7-11,14-17,28-29,31-32,39-40H,5-6,12-13,18-19H2,1-2H3/t28-,29-,31-,32-/m0/s1. The quantitative estimate of drug-likeness (QED) is 0.171. The van der Waals surface area contributed by atoms with E-state index in [0.717, 1.165) is 38.2 Å². The fourth-order valence-electron chi connectivity index (χ4n) is 6.62. The van der Waals surface area contributed by atoms with E-state index in [1.54, 1.807) is 47.4 Å². The van der Waals surface area contributed by atoms with Gasteiger partial charge >= 0.3 is 5.92 Å². The van der Waals surface area contributed by atoms with Gasteiger partial charge in [0.25, 0.3) is 5.91 Å². The second kappa shape index (κ2) is 14.7. The Bertz CT molecular complexity index is 1830. The van der Waals surface area contributed by atoms with E-state index in [4.69, 9.17) is 28.0 Å². The number of Topliss-reactive ketones (excluding diaryl/α,β-unsaturated/α-hetero) is 2. The largest absolute Gasteiger partial charge is 0.330 e. The molecule has 1 aliphatic heterocycles. The maximum Gasteiger partial charge on any atom is 0.330 e. The molecule has 1 aliphatic carbocycles. The van der Waals surface area contributed by atoms with Crippen molar-refractivity contribution in [2.45, 2.75) is 69.2 Å². The first-order valence-corrected chi connectivity index (χ1v) is 18.0. The van der Waals surface area contributed by atoms with Crippen LogP contribution in [0.15, 0.2) is 66.7 Å². The van der Waals surface area contributed by atoms with Crippen LogP contribution in [0.1, 0.15) is 77.2 Å². The monoisotopic (exact) mass is 721 g/mol. The number of carbonyl (C=O) groups excluding carboxylic acids is 3. The zero-order valence-corrected chi connectivity index (χ0v) is 28.5. The summed E-state index contributed by atoms with van der Waals surface area (Å²) >= 11 is 13.0. The zero-order chi connectivity index (χ0) is 34.8. The summed E-state index contributed by atoms with van der Waals surface area (Å²) in [5.74, 6) is -6.61. The molecule has 5 rings (SSSR count). The van der Waals surface area contributed by atoms with Crippen LogP contribution >= 0.6 is 23.2 Å². The maximum absolute atomic E-state index is 14.4. The Hall–Kier alpha value is -3.26. The number of hydroxylamine groups is 1. The Kier molecular flexibility index (Phi) is 11.0. The first-order valence-electron chi connectivity index (χ1n) is 15.4. The van der Waals surface area contributed by atoms with E-state index in [2.05, 4.69) is 10.2 Å².